The largest absolute Gasteiger partial charge is 0.398 e. The first-order valence-corrected chi connectivity index (χ1v) is 6.13. The molecule has 0 spiro atoms. The molecule has 0 aliphatic carbocycles. The Hall–Kier alpha value is -1.56. The number of amides is 2. The number of hydrogen-bond acceptors (Lipinski definition) is 3. The molecule has 1 aromatic rings. The molecule has 0 heterocycles. The summed E-state index contributed by atoms with van der Waals surface area (Å²) in [6.07, 6.45) is 0. The van der Waals surface area contributed by atoms with Crippen LogP contribution in [0.5, 0.6) is 0 Å². The van der Waals surface area contributed by atoms with Crippen LogP contribution in [0.25, 0.3) is 0 Å². The first kappa shape index (κ1) is 14.5. The molecule has 0 atom stereocenters. The van der Waals surface area contributed by atoms with Gasteiger partial charge in [-0.15, -0.1) is 0 Å². The van der Waals surface area contributed by atoms with E-state index in [1.165, 1.54) is 9.80 Å². The summed E-state index contributed by atoms with van der Waals surface area (Å²) in [5.74, 6) is -0.379. The van der Waals surface area contributed by atoms with E-state index in [0.29, 0.717) is 15.7 Å². The van der Waals surface area contributed by atoms with Crippen molar-refractivity contribution in [3.05, 3.63) is 28.2 Å². The third-order valence-electron chi connectivity index (χ3n) is 2.48. The van der Waals surface area contributed by atoms with Crippen molar-refractivity contribution in [3.63, 3.8) is 0 Å². The third kappa shape index (κ3) is 3.22. The van der Waals surface area contributed by atoms with E-state index in [-0.39, 0.29) is 18.4 Å². The molecule has 0 aromatic heterocycles. The van der Waals surface area contributed by atoms with Crippen molar-refractivity contribution >= 4 is 33.4 Å². The average molecular weight is 314 g/mol. The lowest BCUT2D eigenvalue weighted by molar-refractivity contribution is -0.129. The Bertz CT molecular complexity index is 474. The van der Waals surface area contributed by atoms with Gasteiger partial charge in [0.2, 0.25) is 5.91 Å². The highest BCUT2D eigenvalue weighted by Crippen LogP contribution is 2.24. The highest BCUT2D eigenvalue weighted by atomic mass is 79.9. The molecular weight excluding hydrogens is 298 g/mol. The van der Waals surface area contributed by atoms with Crippen molar-refractivity contribution in [2.24, 2.45) is 0 Å². The number of nitrogen functional groups attached to an aromatic ring is 1. The van der Waals surface area contributed by atoms with Gasteiger partial charge in [0.05, 0.1) is 16.6 Å². The molecule has 6 heteroatoms. The molecule has 1 aromatic carbocycles. The molecule has 0 unspecified atom stereocenters. The second-order valence-electron chi connectivity index (χ2n) is 4.16. The first-order chi connectivity index (χ1) is 8.34. The molecule has 0 aliphatic rings. The Morgan fingerprint density at radius 1 is 1.28 bits per heavy atom. The van der Waals surface area contributed by atoms with E-state index in [9.17, 15) is 9.59 Å². The van der Waals surface area contributed by atoms with Gasteiger partial charge >= 0.3 is 0 Å². The van der Waals surface area contributed by atoms with Crippen molar-refractivity contribution in [2.45, 2.75) is 0 Å². The van der Waals surface area contributed by atoms with Crippen LogP contribution in [0.15, 0.2) is 22.7 Å². The number of nitrogens with two attached hydrogens (primary N) is 1. The number of carbonyl (C=O) groups is 2. The monoisotopic (exact) mass is 313 g/mol. The maximum Gasteiger partial charge on any atom is 0.255 e. The van der Waals surface area contributed by atoms with Crippen LogP contribution in [0.2, 0.25) is 0 Å². The SMILES string of the molecule is CN(C)C(=O)CN(C)C(=O)c1cccc(N)c1Br. The van der Waals surface area contributed by atoms with Crippen molar-refractivity contribution in [3.8, 4) is 0 Å². The van der Waals surface area contributed by atoms with Crippen LogP contribution in [0.3, 0.4) is 0 Å². The van der Waals surface area contributed by atoms with Crippen molar-refractivity contribution in [1.82, 2.24) is 9.80 Å². The van der Waals surface area contributed by atoms with Gasteiger partial charge in [0.1, 0.15) is 0 Å². The van der Waals surface area contributed by atoms with Crippen LogP contribution in [-0.2, 0) is 4.79 Å². The van der Waals surface area contributed by atoms with Crippen LogP contribution < -0.4 is 5.73 Å². The van der Waals surface area contributed by atoms with Gasteiger partial charge in [-0.05, 0) is 28.1 Å². The molecule has 98 valence electrons. The van der Waals surface area contributed by atoms with Crippen LogP contribution in [-0.4, -0.2) is 49.3 Å². The first-order valence-electron chi connectivity index (χ1n) is 5.34. The molecule has 0 saturated heterocycles. The van der Waals surface area contributed by atoms with Crippen LogP contribution in [0.4, 0.5) is 5.69 Å². The van der Waals surface area contributed by atoms with Gasteiger partial charge in [-0.25, -0.2) is 0 Å². The van der Waals surface area contributed by atoms with Gasteiger partial charge in [0.25, 0.3) is 5.91 Å². The van der Waals surface area contributed by atoms with E-state index >= 15 is 0 Å². The summed E-state index contributed by atoms with van der Waals surface area (Å²) >= 11 is 3.28. The summed E-state index contributed by atoms with van der Waals surface area (Å²) in [5, 5.41) is 0. The molecule has 0 saturated carbocycles. The minimum Gasteiger partial charge on any atom is -0.398 e. The fourth-order valence-corrected chi connectivity index (χ4v) is 1.77. The molecule has 0 radical (unpaired) electrons. The van der Waals surface area contributed by atoms with Crippen LogP contribution in [0.1, 0.15) is 10.4 Å². The van der Waals surface area contributed by atoms with Crippen LogP contribution in [0, 0.1) is 0 Å². The van der Waals surface area contributed by atoms with Gasteiger partial charge < -0.3 is 15.5 Å². The lowest BCUT2D eigenvalue weighted by Crippen LogP contribution is -2.37. The zero-order chi connectivity index (χ0) is 13.9. The number of carbonyl (C=O) groups excluding carboxylic acids is 2. The number of anilines is 1. The highest BCUT2D eigenvalue weighted by Gasteiger charge is 2.18. The smallest absolute Gasteiger partial charge is 0.255 e. The zero-order valence-corrected chi connectivity index (χ0v) is 12.2. The maximum absolute atomic E-state index is 12.1. The van der Waals surface area contributed by atoms with E-state index in [1.807, 2.05) is 0 Å². The Balaban J connectivity index is 2.87. The average Bonchev–Trinajstić information content (AvgIpc) is 2.31. The predicted molar refractivity (Wildman–Crippen MR) is 74.2 cm³/mol. The zero-order valence-electron chi connectivity index (χ0n) is 10.6. The summed E-state index contributed by atoms with van der Waals surface area (Å²) < 4.78 is 0.555. The van der Waals surface area contributed by atoms with Gasteiger partial charge in [-0.1, -0.05) is 6.07 Å². The summed E-state index contributed by atoms with van der Waals surface area (Å²) in [5.41, 5.74) is 6.66. The fraction of sp³-hybridized carbons (Fsp3) is 0.333. The number of benzene rings is 1. The Labute approximate surface area is 115 Å². The Morgan fingerprint density at radius 2 is 1.89 bits per heavy atom. The molecule has 5 nitrogen and oxygen atoms in total. The van der Waals surface area contributed by atoms with Gasteiger partial charge in [-0.3, -0.25) is 9.59 Å². The lowest BCUT2D eigenvalue weighted by atomic mass is 10.2. The summed E-state index contributed by atoms with van der Waals surface area (Å²) in [6.45, 7) is 0.0348. The van der Waals surface area contributed by atoms with E-state index in [2.05, 4.69) is 15.9 Å². The minimum atomic E-state index is -0.246. The van der Waals surface area contributed by atoms with E-state index in [1.54, 1.807) is 39.3 Å². The Kier molecular flexibility index (Phi) is 4.72. The molecular formula is C12H16BrN3O2. The summed E-state index contributed by atoms with van der Waals surface area (Å²) in [4.78, 5) is 26.5. The van der Waals surface area contributed by atoms with Crippen molar-refractivity contribution in [1.29, 1.82) is 0 Å². The molecule has 1 rings (SSSR count). The fourth-order valence-electron chi connectivity index (χ4n) is 1.34. The lowest BCUT2D eigenvalue weighted by Gasteiger charge is -2.20. The molecule has 0 fully saturated rings. The third-order valence-corrected chi connectivity index (χ3v) is 3.36. The quantitative estimate of drug-likeness (QED) is 0.852. The molecule has 2 amide bonds. The van der Waals surface area contributed by atoms with E-state index in [4.69, 9.17) is 5.73 Å². The maximum atomic E-state index is 12.1. The van der Waals surface area contributed by atoms with Gasteiger partial charge in [-0.2, -0.15) is 0 Å². The predicted octanol–water partition coefficient (Wildman–Crippen LogP) is 1.19. The topological polar surface area (TPSA) is 66.6 Å². The Morgan fingerprint density at radius 3 is 2.44 bits per heavy atom. The second kappa shape index (κ2) is 5.86. The summed E-state index contributed by atoms with van der Waals surface area (Å²) in [6, 6.07) is 5.07. The van der Waals surface area contributed by atoms with Gasteiger partial charge in [0, 0.05) is 26.8 Å². The molecule has 2 N–H and O–H groups in total. The van der Waals surface area contributed by atoms with Crippen LogP contribution >= 0.6 is 15.9 Å². The molecule has 18 heavy (non-hydrogen) atoms. The molecule has 0 aliphatic heterocycles. The normalized spacial score (nSPS) is 10.0. The second-order valence-corrected chi connectivity index (χ2v) is 4.95. The number of rotatable bonds is 3. The van der Waals surface area contributed by atoms with Gasteiger partial charge in [0.15, 0.2) is 0 Å². The van der Waals surface area contributed by atoms with Crippen molar-refractivity contribution < 1.29 is 9.59 Å². The number of likely N-dealkylation sites (N-methyl/N-ethyl adjacent to an activating group) is 2. The van der Waals surface area contributed by atoms with E-state index < -0.39 is 0 Å². The number of halogens is 1. The minimum absolute atomic E-state index is 0.0348. The molecule has 0 bridgehead atoms. The van der Waals surface area contributed by atoms with E-state index in [0.717, 1.165) is 0 Å². The number of hydrogen-bond donors (Lipinski definition) is 1. The highest BCUT2D eigenvalue weighted by molar-refractivity contribution is 9.10. The standard InChI is InChI=1S/C12H16BrN3O2/c1-15(2)10(17)7-16(3)12(18)8-5-4-6-9(14)11(8)13/h4-6H,7,14H2,1-3H3. The van der Waals surface area contributed by atoms with Crippen molar-refractivity contribution in [2.75, 3.05) is 33.4 Å². The number of nitrogens with zero attached hydrogens (tertiary/aromatic N) is 2. The summed E-state index contributed by atoms with van der Waals surface area (Å²) in [7, 11) is 4.88.